The van der Waals surface area contributed by atoms with Crippen LogP contribution < -0.4 is 4.90 Å². The lowest BCUT2D eigenvalue weighted by molar-refractivity contribution is -0.384. The SMILES string of the molecule is Cc1ncn(-c2cc(N3CCN(C(=O)c4ccc([N+](=O)[O-])cc4)CC3)ncn2)c1C. The van der Waals surface area contributed by atoms with Gasteiger partial charge in [0.1, 0.15) is 24.3 Å². The number of aryl methyl sites for hydroxylation is 1. The standard InChI is InChI=1S/C20H21N7O3/c1-14-15(2)26(13-23-14)19-11-18(21-12-22-19)24-7-9-25(10-8-24)20(28)16-3-5-17(6-4-16)27(29)30/h3-6,11-13H,7-10H2,1-2H3. The summed E-state index contributed by atoms with van der Waals surface area (Å²) in [4.78, 5) is 39.9. The van der Waals surface area contributed by atoms with E-state index in [4.69, 9.17) is 0 Å². The maximum atomic E-state index is 12.7. The van der Waals surface area contributed by atoms with Crippen LogP contribution >= 0.6 is 0 Å². The molecule has 0 radical (unpaired) electrons. The van der Waals surface area contributed by atoms with E-state index in [2.05, 4.69) is 19.9 Å². The van der Waals surface area contributed by atoms with Crippen molar-refractivity contribution in [2.45, 2.75) is 13.8 Å². The van der Waals surface area contributed by atoms with Crippen molar-refractivity contribution in [1.82, 2.24) is 24.4 Å². The van der Waals surface area contributed by atoms with Crippen molar-refractivity contribution in [3.8, 4) is 5.82 Å². The molecule has 1 amide bonds. The average Bonchev–Trinajstić information content (AvgIpc) is 3.12. The quantitative estimate of drug-likeness (QED) is 0.481. The molecule has 2 aromatic heterocycles. The number of piperazine rings is 1. The van der Waals surface area contributed by atoms with Crippen LogP contribution in [0.25, 0.3) is 5.82 Å². The smallest absolute Gasteiger partial charge is 0.269 e. The van der Waals surface area contributed by atoms with Crippen molar-refractivity contribution in [3.05, 3.63) is 70.1 Å². The van der Waals surface area contributed by atoms with E-state index in [0.717, 1.165) is 23.0 Å². The zero-order valence-corrected chi connectivity index (χ0v) is 16.7. The van der Waals surface area contributed by atoms with E-state index < -0.39 is 4.92 Å². The summed E-state index contributed by atoms with van der Waals surface area (Å²) < 4.78 is 1.93. The number of carbonyl (C=O) groups excluding carboxylic acids is 1. The first-order chi connectivity index (χ1) is 14.4. The number of anilines is 1. The molecule has 154 valence electrons. The first kappa shape index (κ1) is 19.5. The number of hydrogen-bond acceptors (Lipinski definition) is 7. The molecule has 0 saturated carbocycles. The summed E-state index contributed by atoms with van der Waals surface area (Å²) in [5.41, 5.74) is 2.40. The second-order valence-corrected chi connectivity index (χ2v) is 7.10. The Kier molecular flexibility index (Phi) is 5.13. The summed E-state index contributed by atoms with van der Waals surface area (Å²) in [5, 5.41) is 10.8. The van der Waals surface area contributed by atoms with Crippen LogP contribution in [0.1, 0.15) is 21.7 Å². The lowest BCUT2D eigenvalue weighted by Gasteiger charge is -2.35. The molecule has 10 nitrogen and oxygen atoms in total. The first-order valence-corrected chi connectivity index (χ1v) is 9.55. The number of benzene rings is 1. The molecule has 1 aromatic carbocycles. The summed E-state index contributed by atoms with van der Waals surface area (Å²) in [7, 11) is 0. The molecule has 1 aliphatic rings. The van der Waals surface area contributed by atoms with E-state index in [1.807, 2.05) is 24.5 Å². The van der Waals surface area contributed by atoms with Crippen molar-refractivity contribution in [1.29, 1.82) is 0 Å². The van der Waals surface area contributed by atoms with Crippen molar-refractivity contribution >= 4 is 17.4 Å². The van der Waals surface area contributed by atoms with E-state index in [1.54, 1.807) is 11.2 Å². The number of amides is 1. The largest absolute Gasteiger partial charge is 0.353 e. The molecule has 0 spiro atoms. The van der Waals surface area contributed by atoms with E-state index in [1.165, 1.54) is 30.6 Å². The van der Waals surface area contributed by atoms with Crippen LogP contribution in [0.5, 0.6) is 0 Å². The number of hydrogen-bond donors (Lipinski definition) is 0. The van der Waals surface area contributed by atoms with Gasteiger partial charge in [0, 0.05) is 55.6 Å². The first-order valence-electron chi connectivity index (χ1n) is 9.55. The zero-order chi connectivity index (χ0) is 21.3. The van der Waals surface area contributed by atoms with Gasteiger partial charge in [-0.1, -0.05) is 0 Å². The van der Waals surface area contributed by atoms with Gasteiger partial charge in [-0.3, -0.25) is 19.5 Å². The Hall–Kier alpha value is -3.82. The second kappa shape index (κ2) is 7.90. The van der Waals surface area contributed by atoms with Crippen LogP contribution in [-0.2, 0) is 0 Å². The molecule has 0 atom stereocenters. The van der Waals surface area contributed by atoms with Crippen LogP contribution in [0.3, 0.4) is 0 Å². The third kappa shape index (κ3) is 3.71. The Morgan fingerprint density at radius 3 is 2.27 bits per heavy atom. The minimum absolute atomic E-state index is 0.0285. The van der Waals surface area contributed by atoms with Gasteiger partial charge < -0.3 is 9.80 Å². The molecule has 1 saturated heterocycles. The van der Waals surface area contributed by atoms with Crippen molar-refractivity contribution in [2.75, 3.05) is 31.1 Å². The number of nitrogens with zero attached hydrogens (tertiary/aromatic N) is 7. The highest BCUT2D eigenvalue weighted by atomic mass is 16.6. The highest BCUT2D eigenvalue weighted by molar-refractivity contribution is 5.94. The Bertz CT molecular complexity index is 1090. The van der Waals surface area contributed by atoms with Crippen molar-refractivity contribution in [2.24, 2.45) is 0 Å². The molecule has 0 bridgehead atoms. The lowest BCUT2D eigenvalue weighted by Crippen LogP contribution is -2.49. The predicted octanol–water partition coefficient (Wildman–Crippen LogP) is 2.15. The van der Waals surface area contributed by atoms with E-state index >= 15 is 0 Å². The normalized spacial score (nSPS) is 14.1. The van der Waals surface area contributed by atoms with E-state index in [-0.39, 0.29) is 11.6 Å². The van der Waals surface area contributed by atoms with Gasteiger partial charge in [-0.15, -0.1) is 0 Å². The molecular formula is C20H21N7O3. The fourth-order valence-corrected chi connectivity index (χ4v) is 3.42. The van der Waals surface area contributed by atoms with Crippen LogP contribution in [0.2, 0.25) is 0 Å². The molecule has 30 heavy (non-hydrogen) atoms. The van der Waals surface area contributed by atoms with Gasteiger partial charge in [-0.25, -0.2) is 15.0 Å². The summed E-state index contributed by atoms with van der Waals surface area (Å²) in [6.07, 6.45) is 3.28. The Balaban J connectivity index is 1.43. The molecule has 1 aliphatic heterocycles. The maximum Gasteiger partial charge on any atom is 0.269 e. The van der Waals surface area contributed by atoms with Crippen LogP contribution in [-0.4, -0.2) is 61.4 Å². The number of rotatable bonds is 4. The summed E-state index contributed by atoms with van der Waals surface area (Å²) >= 11 is 0. The maximum absolute atomic E-state index is 12.7. The zero-order valence-electron chi connectivity index (χ0n) is 16.7. The molecular weight excluding hydrogens is 386 g/mol. The number of carbonyl (C=O) groups is 1. The number of nitro benzene ring substituents is 1. The van der Waals surface area contributed by atoms with Gasteiger partial charge in [0.05, 0.1) is 10.6 Å². The summed E-state index contributed by atoms with van der Waals surface area (Å²) in [6.45, 7) is 6.30. The lowest BCUT2D eigenvalue weighted by atomic mass is 10.1. The summed E-state index contributed by atoms with van der Waals surface area (Å²) in [5.74, 6) is 1.42. The van der Waals surface area contributed by atoms with Gasteiger partial charge in [-0.2, -0.15) is 0 Å². The molecule has 10 heteroatoms. The van der Waals surface area contributed by atoms with E-state index in [9.17, 15) is 14.9 Å². The highest BCUT2D eigenvalue weighted by Crippen LogP contribution is 2.19. The minimum Gasteiger partial charge on any atom is -0.353 e. The second-order valence-electron chi connectivity index (χ2n) is 7.10. The van der Waals surface area contributed by atoms with Crippen molar-refractivity contribution in [3.63, 3.8) is 0 Å². The third-order valence-electron chi connectivity index (χ3n) is 5.35. The minimum atomic E-state index is -0.477. The van der Waals surface area contributed by atoms with Gasteiger partial charge in [0.2, 0.25) is 0 Å². The predicted molar refractivity (Wildman–Crippen MR) is 110 cm³/mol. The molecule has 0 N–H and O–H groups in total. The number of nitro groups is 1. The van der Waals surface area contributed by atoms with Gasteiger partial charge in [0.25, 0.3) is 11.6 Å². The topological polar surface area (TPSA) is 110 Å². The number of aromatic nitrogens is 4. The van der Waals surface area contributed by atoms with Gasteiger partial charge in [-0.05, 0) is 26.0 Å². The Labute approximate surface area is 173 Å². The van der Waals surface area contributed by atoms with Crippen LogP contribution in [0, 0.1) is 24.0 Å². The highest BCUT2D eigenvalue weighted by Gasteiger charge is 2.23. The molecule has 1 fully saturated rings. The molecule has 3 aromatic rings. The van der Waals surface area contributed by atoms with Crippen LogP contribution in [0.4, 0.5) is 11.5 Å². The van der Waals surface area contributed by atoms with Gasteiger partial charge >= 0.3 is 0 Å². The fourth-order valence-electron chi connectivity index (χ4n) is 3.42. The third-order valence-corrected chi connectivity index (χ3v) is 5.35. The van der Waals surface area contributed by atoms with E-state index in [0.29, 0.717) is 31.7 Å². The van der Waals surface area contributed by atoms with Gasteiger partial charge in [0.15, 0.2) is 0 Å². The molecule has 0 aliphatic carbocycles. The van der Waals surface area contributed by atoms with Crippen molar-refractivity contribution < 1.29 is 9.72 Å². The number of non-ortho nitro benzene ring substituents is 1. The molecule has 0 unspecified atom stereocenters. The Morgan fingerprint density at radius 2 is 1.67 bits per heavy atom. The van der Waals surface area contributed by atoms with Crippen LogP contribution in [0.15, 0.2) is 43.0 Å². The molecule has 4 rings (SSSR count). The molecule has 3 heterocycles. The average molecular weight is 407 g/mol. The summed E-state index contributed by atoms with van der Waals surface area (Å²) in [6, 6.07) is 7.62. The Morgan fingerprint density at radius 1 is 1.00 bits per heavy atom. The number of imidazole rings is 1. The fraction of sp³-hybridized carbons (Fsp3) is 0.300. The monoisotopic (exact) mass is 407 g/mol.